The van der Waals surface area contributed by atoms with Crippen LogP contribution >= 0.6 is 15.9 Å². The fraction of sp³-hybridized carbons (Fsp3) is 0.286. The van der Waals surface area contributed by atoms with Crippen LogP contribution in [0.15, 0.2) is 28.9 Å². The number of hydrogen-bond donors (Lipinski definition) is 2. The number of fused-ring (bicyclic) bond motifs is 1. The van der Waals surface area contributed by atoms with Crippen molar-refractivity contribution in [3.05, 3.63) is 44.7 Å². The maximum absolute atomic E-state index is 12.4. The smallest absolute Gasteiger partial charge is 0.279 e. The number of amides is 1. The normalized spacial score (nSPS) is 11.5. The van der Waals surface area contributed by atoms with Gasteiger partial charge < -0.3 is 10.4 Å². The Kier molecular flexibility index (Phi) is 4.43. The quantitative estimate of drug-likeness (QED) is 0.637. The number of nitro benzene ring substituents is 1. The van der Waals surface area contributed by atoms with Crippen LogP contribution < -0.4 is 5.32 Å². The number of rotatable bonds is 4. The molecule has 2 rings (SSSR count). The minimum Gasteiger partial charge on any atom is -0.394 e. The highest BCUT2D eigenvalue weighted by molar-refractivity contribution is 9.10. The second-order valence-electron chi connectivity index (χ2n) is 5.40. The van der Waals surface area contributed by atoms with Crippen LogP contribution in [0.3, 0.4) is 0 Å². The Balaban J connectivity index is 2.66. The summed E-state index contributed by atoms with van der Waals surface area (Å²) in [5.74, 6) is -0.578. The molecule has 8 heteroatoms. The molecule has 1 heterocycles. The molecule has 0 atom stereocenters. The third kappa shape index (κ3) is 3.07. The molecule has 116 valence electrons. The number of nitrogens with one attached hydrogen (secondary N) is 1. The van der Waals surface area contributed by atoms with Crippen LogP contribution in [0.4, 0.5) is 5.69 Å². The van der Waals surface area contributed by atoms with E-state index in [1.807, 2.05) is 0 Å². The van der Waals surface area contributed by atoms with Gasteiger partial charge in [0, 0.05) is 22.1 Å². The molecule has 22 heavy (non-hydrogen) atoms. The zero-order chi connectivity index (χ0) is 16.5. The van der Waals surface area contributed by atoms with Crippen LogP contribution in [0.2, 0.25) is 0 Å². The molecule has 2 aromatic rings. The van der Waals surface area contributed by atoms with E-state index in [9.17, 15) is 20.0 Å². The standard InChI is InChI=1S/C14H14BrN3O4/c1-14(2,7-19)17-13(20)12-11-8(5-6-16-12)9(15)3-4-10(11)18(21)22/h3-6,19H,7H2,1-2H3,(H,17,20). The molecule has 1 aromatic heterocycles. The van der Waals surface area contributed by atoms with E-state index in [0.717, 1.165) is 0 Å². The first-order valence-electron chi connectivity index (χ1n) is 6.42. The first-order chi connectivity index (χ1) is 10.3. The van der Waals surface area contributed by atoms with Crippen molar-refractivity contribution in [1.29, 1.82) is 0 Å². The molecule has 1 amide bonds. The van der Waals surface area contributed by atoms with Crippen molar-refractivity contribution in [1.82, 2.24) is 10.3 Å². The van der Waals surface area contributed by atoms with E-state index < -0.39 is 16.4 Å². The van der Waals surface area contributed by atoms with E-state index in [-0.39, 0.29) is 23.4 Å². The number of pyridine rings is 1. The number of hydrogen-bond acceptors (Lipinski definition) is 5. The SMILES string of the molecule is CC(C)(CO)NC(=O)c1nccc2c(Br)ccc([N+](=O)[O-])c12. The minimum absolute atomic E-state index is 0.0491. The Hall–Kier alpha value is -2.06. The second-order valence-corrected chi connectivity index (χ2v) is 6.26. The van der Waals surface area contributed by atoms with Crippen molar-refractivity contribution in [3.63, 3.8) is 0 Å². The largest absolute Gasteiger partial charge is 0.394 e. The van der Waals surface area contributed by atoms with E-state index in [1.54, 1.807) is 26.0 Å². The molecule has 0 aliphatic heterocycles. The Morgan fingerprint density at radius 2 is 2.14 bits per heavy atom. The first kappa shape index (κ1) is 16.3. The van der Waals surface area contributed by atoms with Gasteiger partial charge >= 0.3 is 0 Å². The van der Waals surface area contributed by atoms with Crippen molar-refractivity contribution in [3.8, 4) is 0 Å². The van der Waals surface area contributed by atoms with Crippen LogP contribution in [0.25, 0.3) is 10.8 Å². The number of nitrogens with zero attached hydrogens (tertiary/aromatic N) is 2. The predicted octanol–water partition coefficient (Wildman–Crippen LogP) is 2.41. The van der Waals surface area contributed by atoms with E-state index in [4.69, 9.17) is 0 Å². The number of non-ortho nitro benzene ring substituents is 1. The van der Waals surface area contributed by atoms with Gasteiger partial charge in [-0.05, 0) is 26.0 Å². The lowest BCUT2D eigenvalue weighted by Crippen LogP contribution is -2.46. The highest BCUT2D eigenvalue weighted by atomic mass is 79.9. The summed E-state index contributed by atoms with van der Waals surface area (Å²) in [7, 11) is 0. The Bertz CT molecular complexity index is 761. The Labute approximate surface area is 134 Å². The van der Waals surface area contributed by atoms with Gasteiger partial charge in [-0.15, -0.1) is 0 Å². The summed E-state index contributed by atoms with van der Waals surface area (Å²) in [6.45, 7) is 3.01. The van der Waals surface area contributed by atoms with Gasteiger partial charge in [-0.3, -0.25) is 19.9 Å². The lowest BCUT2D eigenvalue weighted by Gasteiger charge is -2.23. The topological polar surface area (TPSA) is 105 Å². The molecule has 0 bridgehead atoms. The molecule has 1 aromatic carbocycles. The van der Waals surface area contributed by atoms with Gasteiger partial charge in [0.25, 0.3) is 11.6 Å². The molecule has 0 aliphatic rings. The number of aliphatic hydroxyl groups is 1. The number of nitro groups is 1. The van der Waals surface area contributed by atoms with Crippen molar-refractivity contribution >= 4 is 38.3 Å². The fourth-order valence-corrected chi connectivity index (χ4v) is 2.44. The number of halogens is 1. The molecule has 0 radical (unpaired) electrons. The molecular weight excluding hydrogens is 354 g/mol. The number of aromatic nitrogens is 1. The number of aliphatic hydroxyl groups excluding tert-OH is 1. The number of benzene rings is 1. The number of carbonyl (C=O) groups is 1. The molecule has 2 N–H and O–H groups in total. The van der Waals surface area contributed by atoms with Gasteiger partial charge in [0.05, 0.1) is 22.5 Å². The summed E-state index contributed by atoms with van der Waals surface area (Å²) in [6, 6.07) is 4.47. The summed E-state index contributed by atoms with van der Waals surface area (Å²) in [5, 5.41) is 23.8. The lowest BCUT2D eigenvalue weighted by molar-refractivity contribution is -0.383. The molecule has 7 nitrogen and oxygen atoms in total. The second kappa shape index (κ2) is 5.98. The zero-order valence-electron chi connectivity index (χ0n) is 12.0. The zero-order valence-corrected chi connectivity index (χ0v) is 13.5. The molecule has 0 unspecified atom stereocenters. The average Bonchev–Trinajstić information content (AvgIpc) is 2.46. The molecule has 0 saturated carbocycles. The Morgan fingerprint density at radius 3 is 2.73 bits per heavy atom. The van der Waals surface area contributed by atoms with Gasteiger partial charge in [-0.1, -0.05) is 15.9 Å². The van der Waals surface area contributed by atoms with E-state index in [0.29, 0.717) is 9.86 Å². The first-order valence-corrected chi connectivity index (χ1v) is 7.21. The Morgan fingerprint density at radius 1 is 1.45 bits per heavy atom. The van der Waals surface area contributed by atoms with Crippen molar-refractivity contribution in [2.24, 2.45) is 0 Å². The average molecular weight is 368 g/mol. The summed E-state index contributed by atoms with van der Waals surface area (Å²) in [5.41, 5.74) is -1.10. The van der Waals surface area contributed by atoms with E-state index in [2.05, 4.69) is 26.2 Å². The molecule has 0 spiro atoms. The fourth-order valence-electron chi connectivity index (χ4n) is 1.98. The minimum atomic E-state index is -0.859. The summed E-state index contributed by atoms with van der Waals surface area (Å²) in [6.07, 6.45) is 1.41. The van der Waals surface area contributed by atoms with Crippen LogP contribution in [-0.2, 0) is 0 Å². The summed E-state index contributed by atoms with van der Waals surface area (Å²) >= 11 is 3.32. The molecular formula is C14H14BrN3O4. The third-order valence-electron chi connectivity index (χ3n) is 3.11. The lowest BCUT2D eigenvalue weighted by atomic mass is 10.0. The van der Waals surface area contributed by atoms with Gasteiger partial charge in [0.15, 0.2) is 0 Å². The van der Waals surface area contributed by atoms with E-state index in [1.165, 1.54) is 12.3 Å². The summed E-state index contributed by atoms with van der Waals surface area (Å²) < 4.78 is 0.631. The van der Waals surface area contributed by atoms with Crippen LogP contribution in [0.1, 0.15) is 24.3 Å². The highest BCUT2D eigenvalue weighted by Crippen LogP contribution is 2.33. The van der Waals surface area contributed by atoms with Gasteiger partial charge in [0.1, 0.15) is 5.69 Å². The van der Waals surface area contributed by atoms with Gasteiger partial charge in [0.2, 0.25) is 0 Å². The molecule has 0 fully saturated rings. The maximum atomic E-state index is 12.4. The third-order valence-corrected chi connectivity index (χ3v) is 3.80. The van der Waals surface area contributed by atoms with Gasteiger partial charge in [-0.25, -0.2) is 0 Å². The highest BCUT2D eigenvalue weighted by Gasteiger charge is 2.26. The van der Waals surface area contributed by atoms with Crippen molar-refractivity contribution in [2.75, 3.05) is 6.61 Å². The van der Waals surface area contributed by atoms with Crippen LogP contribution in [-0.4, -0.2) is 33.1 Å². The summed E-state index contributed by atoms with van der Waals surface area (Å²) in [4.78, 5) is 27.1. The molecule has 0 saturated heterocycles. The van der Waals surface area contributed by atoms with Crippen LogP contribution in [0, 0.1) is 10.1 Å². The predicted molar refractivity (Wildman–Crippen MR) is 84.7 cm³/mol. The monoisotopic (exact) mass is 367 g/mol. The van der Waals surface area contributed by atoms with E-state index >= 15 is 0 Å². The maximum Gasteiger partial charge on any atom is 0.279 e. The van der Waals surface area contributed by atoms with Crippen molar-refractivity contribution in [2.45, 2.75) is 19.4 Å². The number of carbonyl (C=O) groups excluding carboxylic acids is 1. The van der Waals surface area contributed by atoms with Gasteiger partial charge in [-0.2, -0.15) is 0 Å². The molecule has 0 aliphatic carbocycles. The van der Waals surface area contributed by atoms with Crippen LogP contribution in [0.5, 0.6) is 0 Å². The van der Waals surface area contributed by atoms with Crippen molar-refractivity contribution < 1.29 is 14.8 Å².